The summed E-state index contributed by atoms with van der Waals surface area (Å²) >= 11 is 0. The van der Waals surface area contributed by atoms with E-state index in [1.807, 2.05) is 31.2 Å². The van der Waals surface area contributed by atoms with Crippen LogP contribution >= 0.6 is 0 Å². The van der Waals surface area contributed by atoms with Gasteiger partial charge in [0.25, 0.3) is 5.91 Å². The summed E-state index contributed by atoms with van der Waals surface area (Å²) in [5.74, 6) is -0.847. The van der Waals surface area contributed by atoms with Crippen LogP contribution in [0.2, 0.25) is 0 Å². The van der Waals surface area contributed by atoms with Crippen molar-refractivity contribution in [2.45, 2.75) is 39.5 Å². The predicted octanol–water partition coefficient (Wildman–Crippen LogP) is 2.97. The summed E-state index contributed by atoms with van der Waals surface area (Å²) in [5.41, 5.74) is 1.06. The van der Waals surface area contributed by atoms with Gasteiger partial charge < -0.3 is 10.0 Å². The van der Waals surface area contributed by atoms with E-state index in [-0.39, 0.29) is 5.91 Å². The molecule has 1 aromatic rings. The maximum absolute atomic E-state index is 12.6. The average molecular weight is 289 g/mol. The first-order valence-electron chi connectivity index (χ1n) is 7.64. The zero-order chi connectivity index (χ0) is 15.5. The SMILES string of the molecule is CCc1ccc(C(=O)N2CCCC(CC)(C(=O)O)C2)cc1. The molecule has 0 aliphatic carbocycles. The minimum absolute atomic E-state index is 0.0589. The Bertz CT molecular complexity index is 523. The Labute approximate surface area is 125 Å². The lowest BCUT2D eigenvalue weighted by Crippen LogP contribution is -2.49. The number of hydrogen-bond acceptors (Lipinski definition) is 2. The first kappa shape index (κ1) is 15.5. The molecule has 1 aliphatic heterocycles. The second-order valence-electron chi connectivity index (χ2n) is 5.82. The number of aliphatic carboxylic acids is 1. The maximum atomic E-state index is 12.6. The third kappa shape index (κ3) is 3.09. The van der Waals surface area contributed by atoms with E-state index in [0.29, 0.717) is 31.5 Å². The minimum Gasteiger partial charge on any atom is -0.481 e. The lowest BCUT2D eigenvalue weighted by Gasteiger charge is -2.39. The van der Waals surface area contributed by atoms with Gasteiger partial charge in [-0.3, -0.25) is 9.59 Å². The Balaban J connectivity index is 2.16. The fourth-order valence-electron chi connectivity index (χ4n) is 2.99. The monoisotopic (exact) mass is 289 g/mol. The van der Waals surface area contributed by atoms with Crippen LogP contribution in [0.3, 0.4) is 0 Å². The molecule has 1 saturated heterocycles. The van der Waals surface area contributed by atoms with Gasteiger partial charge in [0.05, 0.1) is 5.41 Å². The summed E-state index contributed by atoms with van der Waals surface area (Å²) in [6.45, 7) is 4.92. The number of amides is 1. The van der Waals surface area contributed by atoms with Crippen molar-refractivity contribution in [3.8, 4) is 0 Å². The summed E-state index contributed by atoms with van der Waals surface area (Å²) in [4.78, 5) is 25.8. The fourth-order valence-corrected chi connectivity index (χ4v) is 2.99. The van der Waals surface area contributed by atoms with Gasteiger partial charge in [-0.25, -0.2) is 0 Å². The van der Waals surface area contributed by atoms with Gasteiger partial charge in [-0.05, 0) is 43.4 Å². The molecule has 1 heterocycles. The van der Waals surface area contributed by atoms with Crippen LogP contribution in [0.4, 0.5) is 0 Å². The van der Waals surface area contributed by atoms with Crippen LogP contribution in [0.15, 0.2) is 24.3 Å². The second kappa shape index (κ2) is 6.29. The van der Waals surface area contributed by atoms with E-state index in [0.717, 1.165) is 12.8 Å². The van der Waals surface area contributed by atoms with Gasteiger partial charge in [-0.15, -0.1) is 0 Å². The summed E-state index contributed by atoms with van der Waals surface area (Å²) in [6, 6.07) is 7.59. The molecule has 0 aromatic heterocycles. The van der Waals surface area contributed by atoms with E-state index in [1.54, 1.807) is 4.90 Å². The van der Waals surface area contributed by atoms with Crippen molar-refractivity contribution < 1.29 is 14.7 Å². The second-order valence-corrected chi connectivity index (χ2v) is 5.82. The summed E-state index contributed by atoms with van der Waals surface area (Å²) in [7, 11) is 0. The van der Waals surface area contributed by atoms with Crippen LogP contribution in [0, 0.1) is 5.41 Å². The highest BCUT2D eigenvalue weighted by atomic mass is 16.4. The quantitative estimate of drug-likeness (QED) is 0.927. The molecule has 0 spiro atoms. The van der Waals surface area contributed by atoms with Crippen LogP contribution in [0.1, 0.15) is 49.0 Å². The van der Waals surface area contributed by atoms with Crippen molar-refractivity contribution in [1.82, 2.24) is 4.90 Å². The molecule has 1 aromatic carbocycles. The van der Waals surface area contributed by atoms with Crippen LogP contribution in [0.5, 0.6) is 0 Å². The van der Waals surface area contributed by atoms with Crippen LogP contribution in [-0.4, -0.2) is 35.0 Å². The van der Waals surface area contributed by atoms with E-state index in [9.17, 15) is 14.7 Å². The molecule has 1 amide bonds. The maximum Gasteiger partial charge on any atom is 0.311 e. The van der Waals surface area contributed by atoms with Crippen molar-refractivity contribution in [3.63, 3.8) is 0 Å². The topological polar surface area (TPSA) is 57.6 Å². The molecule has 2 rings (SSSR count). The summed E-state index contributed by atoms with van der Waals surface area (Å²) in [6.07, 6.45) is 2.90. The number of benzene rings is 1. The normalized spacial score (nSPS) is 22.1. The van der Waals surface area contributed by atoms with Gasteiger partial charge in [0, 0.05) is 18.7 Å². The van der Waals surface area contributed by atoms with Crippen molar-refractivity contribution >= 4 is 11.9 Å². The molecular weight excluding hydrogens is 266 g/mol. The summed E-state index contributed by atoms with van der Waals surface area (Å²) in [5, 5.41) is 9.49. The molecule has 114 valence electrons. The highest BCUT2D eigenvalue weighted by Gasteiger charge is 2.42. The zero-order valence-electron chi connectivity index (χ0n) is 12.8. The van der Waals surface area contributed by atoms with E-state index < -0.39 is 11.4 Å². The number of aryl methyl sites for hydroxylation is 1. The number of likely N-dealkylation sites (tertiary alicyclic amines) is 1. The van der Waals surface area contributed by atoms with E-state index >= 15 is 0 Å². The molecule has 1 fully saturated rings. The number of carboxylic acids is 1. The average Bonchev–Trinajstić information content (AvgIpc) is 2.54. The Morgan fingerprint density at radius 3 is 2.43 bits per heavy atom. The van der Waals surface area contributed by atoms with Gasteiger partial charge >= 0.3 is 5.97 Å². The molecular formula is C17H23NO3. The van der Waals surface area contributed by atoms with Gasteiger partial charge in [0.2, 0.25) is 0 Å². The molecule has 0 radical (unpaired) electrons. The number of nitrogens with zero attached hydrogens (tertiary/aromatic N) is 1. The Morgan fingerprint density at radius 2 is 1.90 bits per heavy atom. The number of rotatable bonds is 4. The van der Waals surface area contributed by atoms with Crippen LogP contribution in [-0.2, 0) is 11.2 Å². The first-order valence-corrected chi connectivity index (χ1v) is 7.64. The smallest absolute Gasteiger partial charge is 0.311 e. The third-order valence-electron chi connectivity index (χ3n) is 4.60. The lowest BCUT2D eigenvalue weighted by molar-refractivity contribution is -0.152. The number of hydrogen-bond donors (Lipinski definition) is 1. The molecule has 1 aliphatic rings. The largest absolute Gasteiger partial charge is 0.481 e. The van der Waals surface area contributed by atoms with Gasteiger partial charge in [0.1, 0.15) is 0 Å². The number of carboxylic acid groups (broad SMARTS) is 1. The van der Waals surface area contributed by atoms with Crippen LogP contribution < -0.4 is 0 Å². The molecule has 4 heteroatoms. The molecule has 1 atom stereocenters. The van der Waals surface area contributed by atoms with Crippen LogP contribution in [0.25, 0.3) is 0 Å². The lowest BCUT2D eigenvalue weighted by atomic mass is 9.77. The van der Waals surface area contributed by atoms with Crippen molar-refractivity contribution in [2.24, 2.45) is 5.41 Å². The molecule has 1 N–H and O–H groups in total. The minimum atomic E-state index is -0.788. The standard InChI is InChI=1S/C17H23NO3/c1-3-13-6-8-14(9-7-13)15(19)18-11-5-10-17(4-2,12-18)16(20)21/h6-9H,3-5,10-12H2,1-2H3,(H,20,21). The number of carbonyl (C=O) groups is 2. The molecule has 1 unspecified atom stereocenters. The first-order chi connectivity index (χ1) is 10.0. The van der Waals surface area contributed by atoms with Gasteiger partial charge in [0.15, 0.2) is 0 Å². The molecule has 4 nitrogen and oxygen atoms in total. The molecule has 0 saturated carbocycles. The van der Waals surface area contributed by atoms with E-state index in [2.05, 4.69) is 6.92 Å². The molecule has 0 bridgehead atoms. The van der Waals surface area contributed by atoms with E-state index in [1.165, 1.54) is 5.56 Å². The van der Waals surface area contributed by atoms with Crippen molar-refractivity contribution in [2.75, 3.05) is 13.1 Å². The Hall–Kier alpha value is -1.84. The van der Waals surface area contributed by atoms with Gasteiger partial charge in [-0.1, -0.05) is 26.0 Å². The van der Waals surface area contributed by atoms with E-state index in [4.69, 9.17) is 0 Å². The molecule has 21 heavy (non-hydrogen) atoms. The van der Waals surface area contributed by atoms with Crippen molar-refractivity contribution in [1.29, 1.82) is 0 Å². The highest BCUT2D eigenvalue weighted by molar-refractivity contribution is 5.94. The zero-order valence-corrected chi connectivity index (χ0v) is 12.8. The summed E-state index contributed by atoms with van der Waals surface area (Å²) < 4.78 is 0. The van der Waals surface area contributed by atoms with Gasteiger partial charge in [-0.2, -0.15) is 0 Å². The highest BCUT2D eigenvalue weighted by Crippen LogP contribution is 2.34. The number of carbonyl (C=O) groups excluding carboxylic acids is 1. The number of piperidine rings is 1. The third-order valence-corrected chi connectivity index (χ3v) is 4.60. The Morgan fingerprint density at radius 1 is 1.24 bits per heavy atom. The fraction of sp³-hybridized carbons (Fsp3) is 0.529. The predicted molar refractivity (Wildman–Crippen MR) is 81.3 cm³/mol. The Kier molecular flexibility index (Phi) is 4.66. The van der Waals surface area contributed by atoms with Crippen molar-refractivity contribution in [3.05, 3.63) is 35.4 Å².